The third-order valence-corrected chi connectivity index (χ3v) is 3.69. The van der Waals surface area contributed by atoms with E-state index in [2.05, 4.69) is 34.3 Å². The summed E-state index contributed by atoms with van der Waals surface area (Å²) in [4.78, 5) is 20.4. The molecular formula is C16H26IN5O. The van der Waals surface area contributed by atoms with Gasteiger partial charge in [0.2, 0.25) is 5.91 Å². The average molecular weight is 431 g/mol. The predicted molar refractivity (Wildman–Crippen MR) is 105 cm³/mol. The monoisotopic (exact) mass is 431 g/mol. The maximum absolute atomic E-state index is 12.1. The summed E-state index contributed by atoms with van der Waals surface area (Å²) in [5, 5.41) is 2.97. The number of hydrogen-bond acceptors (Lipinski definition) is 3. The van der Waals surface area contributed by atoms with Gasteiger partial charge in [-0.1, -0.05) is 25.1 Å². The third kappa shape index (κ3) is 6.25. The molecule has 6 nitrogen and oxygen atoms in total. The Kier molecular flexibility index (Phi) is 8.75. The van der Waals surface area contributed by atoms with E-state index in [1.54, 1.807) is 0 Å². The van der Waals surface area contributed by atoms with E-state index in [1.165, 1.54) is 5.69 Å². The van der Waals surface area contributed by atoms with Crippen LogP contribution < -0.4 is 16.0 Å². The van der Waals surface area contributed by atoms with Crippen molar-refractivity contribution in [3.8, 4) is 0 Å². The van der Waals surface area contributed by atoms with Gasteiger partial charge in [-0.05, 0) is 18.6 Å². The van der Waals surface area contributed by atoms with Gasteiger partial charge in [0.15, 0.2) is 5.96 Å². The average Bonchev–Trinajstić information content (AvgIpc) is 2.58. The number of nitrogens with zero attached hydrogens (tertiary/aromatic N) is 3. The molecule has 23 heavy (non-hydrogen) atoms. The minimum absolute atomic E-state index is 0. The Morgan fingerprint density at radius 3 is 2.48 bits per heavy atom. The Bertz CT molecular complexity index is 500. The van der Waals surface area contributed by atoms with Crippen LogP contribution in [0.5, 0.6) is 0 Å². The lowest BCUT2D eigenvalue weighted by Gasteiger charge is -2.35. The van der Waals surface area contributed by atoms with Crippen LogP contribution >= 0.6 is 24.0 Å². The van der Waals surface area contributed by atoms with Crippen molar-refractivity contribution < 1.29 is 4.79 Å². The minimum atomic E-state index is 0. The Hall–Kier alpha value is -1.51. The Morgan fingerprint density at radius 1 is 1.22 bits per heavy atom. The maximum Gasteiger partial charge on any atom is 0.244 e. The van der Waals surface area contributed by atoms with Crippen molar-refractivity contribution >= 4 is 41.5 Å². The van der Waals surface area contributed by atoms with Crippen molar-refractivity contribution in [1.29, 1.82) is 0 Å². The summed E-state index contributed by atoms with van der Waals surface area (Å²) < 4.78 is 0. The molecule has 0 spiro atoms. The molecule has 0 atom stereocenters. The molecule has 0 radical (unpaired) electrons. The van der Waals surface area contributed by atoms with E-state index in [1.807, 2.05) is 23.1 Å². The summed E-state index contributed by atoms with van der Waals surface area (Å²) in [6, 6.07) is 10.3. The third-order valence-electron chi connectivity index (χ3n) is 3.69. The fraction of sp³-hybridized carbons (Fsp3) is 0.500. The molecular weight excluding hydrogens is 405 g/mol. The van der Waals surface area contributed by atoms with E-state index >= 15 is 0 Å². The highest BCUT2D eigenvalue weighted by molar-refractivity contribution is 14.0. The quantitative estimate of drug-likeness (QED) is 0.419. The molecule has 1 fully saturated rings. The first-order valence-corrected chi connectivity index (χ1v) is 7.82. The summed E-state index contributed by atoms with van der Waals surface area (Å²) in [6.45, 7) is 6.11. The van der Waals surface area contributed by atoms with Gasteiger partial charge in [0.25, 0.3) is 0 Å². The second kappa shape index (κ2) is 10.3. The number of hydrogen-bond donors (Lipinski definition) is 2. The highest BCUT2D eigenvalue weighted by Gasteiger charge is 2.20. The van der Waals surface area contributed by atoms with Crippen molar-refractivity contribution in [1.82, 2.24) is 10.2 Å². The molecule has 0 aliphatic carbocycles. The van der Waals surface area contributed by atoms with Gasteiger partial charge >= 0.3 is 0 Å². The molecule has 0 saturated carbocycles. The maximum atomic E-state index is 12.1. The Balaban J connectivity index is 0.00000264. The molecule has 2 rings (SSSR count). The van der Waals surface area contributed by atoms with E-state index in [9.17, 15) is 4.79 Å². The molecule has 3 N–H and O–H groups in total. The number of halogens is 1. The normalized spacial score (nSPS) is 15.1. The van der Waals surface area contributed by atoms with Crippen LogP contribution in [0.2, 0.25) is 0 Å². The van der Waals surface area contributed by atoms with E-state index in [-0.39, 0.29) is 36.4 Å². The Labute approximate surface area is 155 Å². The lowest BCUT2D eigenvalue weighted by Crippen LogP contribution is -2.49. The van der Waals surface area contributed by atoms with Crippen LogP contribution in [0.4, 0.5) is 5.69 Å². The van der Waals surface area contributed by atoms with Gasteiger partial charge in [-0.25, -0.2) is 4.99 Å². The number of nitrogens with two attached hydrogens (primary N) is 1. The molecule has 1 heterocycles. The molecule has 0 bridgehead atoms. The zero-order chi connectivity index (χ0) is 15.8. The first-order chi connectivity index (χ1) is 10.7. The molecule has 1 aliphatic rings. The van der Waals surface area contributed by atoms with Gasteiger partial charge in [0, 0.05) is 38.4 Å². The van der Waals surface area contributed by atoms with E-state index in [0.717, 1.165) is 39.1 Å². The number of nitrogens with one attached hydrogen (secondary N) is 1. The van der Waals surface area contributed by atoms with E-state index < -0.39 is 0 Å². The topological polar surface area (TPSA) is 74.0 Å². The van der Waals surface area contributed by atoms with E-state index in [0.29, 0.717) is 5.96 Å². The number of rotatable bonds is 5. The highest BCUT2D eigenvalue weighted by atomic mass is 127. The van der Waals surface area contributed by atoms with Crippen molar-refractivity contribution in [2.75, 3.05) is 44.2 Å². The number of piperazine rings is 1. The fourth-order valence-electron chi connectivity index (χ4n) is 2.41. The molecule has 1 aliphatic heterocycles. The predicted octanol–water partition coefficient (Wildman–Crippen LogP) is 1.27. The van der Waals surface area contributed by atoms with Crippen LogP contribution in [-0.2, 0) is 4.79 Å². The number of carbonyl (C=O) groups excluding carboxylic acids is 1. The van der Waals surface area contributed by atoms with Gasteiger partial charge in [-0.15, -0.1) is 24.0 Å². The number of aliphatic imine (C=N–C) groups is 1. The summed E-state index contributed by atoms with van der Waals surface area (Å²) >= 11 is 0. The van der Waals surface area contributed by atoms with Crippen LogP contribution in [0.15, 0.2) is 35.3 Å². The van der Waals surface area contributed by atoms with Gasteiger partial charge in [0.1, 0.15) is 6.54 Å². The van der Waals surface area contributed by atoms with Crippen LogP contribution in [0.1, 0.15) is 13.3 Å². The number of guanidine groups is 1. The second-order valence-corrected chi connectivity index (χ2v) is 5.33. The van der Waals surface area contributed by atoms with Crippen molar-refractivity contribution in [2.45, 2.75) is 13.3 Å². The lowest BCUT2D eigenvalue weighted by molar-refractivity contribution is -0.129. The largest absolute Gasteiger partial charge is 0.370 e. The molecule has 0 unspecified atom stereocenters. The lowest BCUT2D eigenvalue weighted by atomic mass is 10.2. The zero-order valence-electron chi connectivity index (χ0n) is 13.6. The molecule has 1 saturated heterocycles. The molecule has 1 aromatic carbocycles. The summed E-state index contributed by atoms with van der Waals surface area (Å²) in [6.07, 6.45) is 0.978. The molecule has 1 aromatic rings. The molecule has 128 valence electrons. The Morgan fingerprint density at radius 2 is 1.87 bits per heavy atom. The molecule has 0 aromatic heterocycles. The SMILES string of the molecule is CCCNC(N)=NCC(=O)N1CCN(c2ccccc2)CC1.I. The van der Waals surface area contributed by atoms with Gasteiger partial charge in [-0.2, -0.15) is 0 Å². The van der Waals surface area contributed by atoms with Gasteiger partial charge in [0.05, 0.1) is 0 Å². The molecule has 7 heteroatoms. The van der Waals surface area contributed by atoms with Crippen LogP contribution in [0.25, 0.3) is 0 Å². The summed E-state index contributed by atoms with van der Waals surface area (Å²) in [5.41, 5.74) is 6.90. The van der Waals surface area contributed by atoms with Crippen molar-refractivity contribution in [2.24, 2.45) is 10.7 Å². The van der Waals surface area contributed by atoms with Crippen LogP contribution in [0, 0.1) is 0 Å². The number of benzene rings is 1. The van der Waals surface area contributed by atoms with E-state index in [4.69, 9.17) is 5.73 Å². The fourth-order valence-corrected chi connectivity index (χ4v) is 2.41. The van der Waals surface area contributed by atoms with Crippen LogP contribution in [-0.4, -0.2) is 56.0 Å². The van der Waals surface area contributed by atoms with Gasteiger partial charge in [-0.3, -0.25) is 4.79 Å². The minimum Gasteiger partial charge on any atom is -0.370 e. The molecule has 1 amide bonds. The summed E-state index contributed by atoms with van der Waals surface area (Å²) in [7, 11) is 0. The highest BCUT2D eigenvalue weighted by Crippen LogP contribution is 2.15. The van der Waals surface area contributed by atoms with Gasteiger partial charge < -0.3 is 20.9 Å². The first kappa shape index (κ1) is 19.5. The number of carbonyl (C=O) groups is 1. The first-order valence-electron chi connectivity index (χ1n) is 7.82. The zero-order valence-corrected chi connectivity index (χ0v) is 15.9. The number of anilines is 1. The number of para-hydroxylation sites is 1. The summed E-state index contributed by atoms with van der Waals surface area (Å²) in [5.74, 6) is 0.382. The number of amides is 1. The van der Waals surface area contributed by atoms with Crippen molar-refractivity contribution in [3.05, 3.63) is 30.3 Å². The smallest absolute Gasteiger partial charge is 0.244 e. The van der Waals surface area contributed by atoms with Crippen molar-refractivity contribution in [3.63, 3.8) is 0 Å². The standard InChI is InChI=1S/C16H25N5O.HI/c1-2-8-18-16(17)19-13-15(22)21-11-9-20(10-12-21)14-6-4-3-5-7-14;/h3-7H,2,8-13H2,1H3,(H3,17,18,19);1H. The van der Waals surface area contributed by atoms with Crippen LogP contribution in [0.3, 0.4) is 0 Å². The second-order valence-electron chi connectivity index (χ2n) is 5.33.